The number of hydrogen-bond acceptors (Lipinski definition) is 1. The molecule has 0 spiro atoms. The average molecular weight is 218 g/mol. The molecule has 16 heavy (non-hydrogen) atoms. The molecule has 0 heterocycles. The minimum Gasteiger partial charge on any atom is -0.392 e. The van der Waals surface area contributed by atoms with Crippen LogP contribution in [0.25, 0.3) is 0 Å². The number of fused-ring (bicyclic) bond motifs is 1. The first-order valence-electron chi connectivity index (χ1n) is 6.06. The molecule has 0 aliphatic heterocycles. The van der Waals surface area contributed by atoms with Crippen LogP contribution in [0, 0.1) is 5.41 Å². The normalized spacial score (nSPS) is 25.5. The Bertz CT molecular complexity index is 415. The zero-order valence-corrected chi connectivity index (χ0v) is 11.0. The van der Waals surface area contributed by atoms with E-state index in [0.29, 0.717) is 5.92 Å². The van der Waals surface area contributed by atoms with Gasteiger partial charge < -0.3 is 5.11 Å². The second kappa shape index (κ2) is 3.33. The molecule has 1 unspecified atom stereocenters. The molecule has 0 aromatic heterocycles. The summed E-state index contributed by atoms with van der Waals surface area (Å²) < 4.78 is 0. The van der Waals surface area contributed by atoms with E-state index in [9.17, 15) is 5.11 Å². The predicted molar refractivity (Wildman–Crippen MR) is 67.6 cm³/mol. The van der Waals surface area contributed by atoms with E-state index in [0.717, 1.165) is 5.56 Å². The molecule has 88 valence electrons. The molecule has 1 aromatic rings. The summed E-state index contributed by atoms with van der Waals surface area (Å²) in [6.07, 6.45) is 0. The summed E-state index contributed by atoms with van der Waals surface area (Å²) in [7, 11) is 0. The van der Waals surface area contributed by atoms with Crippen LogP contribution in [0.2, 0.25) is 0 Å². The van der Waals surface area contributed by atoms with Gasteiger partial charge in [0.25, 0.3) is 0 Å². The number of rotatable bonds is 1. The van der Waals surface area contributed by atoms with Gasteiger partial charge in [-0.3, -0.25) is 0 Å². The van der Waals surface area contributed by atoms with Gasteiger partial charge >= 0.3 is 0 Å². The monoisotopic (exact) mass is 218 g/mol. The molecule has 1 heteroatoms. The molecule has 0 bridgehead atoms. The van der Waals surface area contributed by atoms with Crippen LogP contribution in [0.1, 0.15) is 57.2 Å². The fraction of sp³-hybridized carbons (Fsp3) is 0.600. The van der Waals surface area contributed by atoms with E-state index in [4.69, 9.17) is 0 Å². The van der Waals surface area contributed by atoms with Gasteiger partial charge in [-0.05, 0) is 33.4 Å². The maximum Gasteiger partial charge on any atom is 0.0681 e. The Morgan fingerprint density at radius 3 is 2.38 bits per heavy atom. The topological polar surface area (TPSA) is 20.2 Å². The van der Waals surface area contributed by atoms with Crippen molar-refractivity contribution in [1.82, 2.24) is 0 Å². The highest BCUT2D eigenvalue weighted by Gasteiger charge is 2.49. The molecular weight excluding hydrogens is 196 g/mol. The van der Waals surface area contributed by atoms with Crippen molar-refractivity contribution >= 4 is 0 Å². The van der Waals surface area contributed by atoms with E-state index < -0.39 is 0 Å². The van der Waals surface area contributed by atoms with Crippen molar-refractivity contribution in [3.05, 3.63) is 34.9 Å². The third-order valence-electron chi connectivity index (χ3n) is 5.13. The van der Waals surface area contributed by atoms with Gasteiger partial charge in [-0.15, -0.1) is 0 Å². The van der Waals surface area contributed by atoms with Crippen molar-refractivity contribution in [2.75, 3.05) is 0 Å². The van der Waals surface area contributed by atoms with Crippen molar-refractivity contribution in [3.8, 4) is 0 Å². The van der Waals surface area contributed by atoms with Gasteiger partial charge in [-0.25, -0.2) is 0 Å². The van der Waals surface area contributed by atoms with E-state index in [1.54, 1.807) is 0 Å². The van der Waals surface area contributed by atoms with Gasteiger partial charge in [0, 0.05) is 0 Å². The summed E-state index contributed by atoms with van der Waals surface area (Å²) in [5.74, 6) is 0.545. The van der Waals surface area contributed by atoms with E-state index in [1.165, 1.54) is 11.1 Å². The van der Waals surface area contributed by atoms with Crippen LogP contribution < -0.4 is 0 Å². The maximum atomic E-state index is 9.22. The van der Waals surface area contributed by atoms with E-state index >= 15 is 0 Å². The van der Waals surface area contributed by atoms with E-state index in [2.05, 4.69) is 52.8 Å². The summed E-state index contributed by atoms with van der Waals surface area (Å²) in [5, 5.41) is 9.22. The van der Waals surface area contributed by atoms with Gasteiger partial charge in [0.1, 0.15) is 0 Å². The highest BCUT2D eigenvalue weighted by Crippen LogP contribution is 2.58. The summed E-state index contributed by atoms with van der Waals surface area (Å²) >= 11 is 0. The smallest absolute Gasteiger partial charge is 0.0681 e. The summed E-state index contributed by atoms with van der Waals surface area (Å²) in [6.45, 7) is 11.8. The zero-order valence-electron chi connectivity index (χ0n) is 11.0. The third kappa shape index (κ3) is 1.27. The molecule has 1 aliphatic rings. The first kappa shape index (κ1) is 11.7. The van der Waals surface area contributed by atoms with Gasteiger partial charge in [-0.2, -0.15) is 0 Å². The fourth-order valence-corrected chi connectivity index (χ4v) is 2.92. The number of aliphatic hydroxyl groups excluding tert-OH is 1. The number of hydrogen-bond donors (Lipinski definition) is 1. The second-order valence-corrected chi connectivity index (χ2v) is 6.15. The first-order chi connectivity index (χ1) is 7.32. The standard InChI is InChI=1S/C15H22O/c1-10-12-8-11(9-16)6-7-13(12)15(4,5)14(10,2)3/h6-8,10,16H,9H2,1-5H3. The molecule has 1 aliphatic carbocycles. The molecular formula is C15H22O. The van der Waals surface area contributed by atoms with Gasteiger partial charge in [-0.1, -0.05) is 52.8 Å². The maximum absolute atomic E-state index is 9.22. The van der Waals surface area contributed by atoms with Gasteiger partial charge in [0.2, 0.25) is 0 Å². The van der Waals surface area contributed by atoms with Gasteiger partial charge in [0.15, 0.2) is 0 Å². The highest BCUT2D eigenvalue weighted by molar-refractivity contribution is 5.46. The lowest BCUT2D eigenvalue weighted by atomic mass is 9.65. The van der Waals surface area contributed by atoms with Crippen LogP contribution >= 0.6 is 0 Å². The minimum absolute atomic E-state index is 0.140. The molecule has 0 amide bonds. The van der Waals surface area contributed by atoms with Crippen LogP contribution in [0.3, 0.4) is 0 Å². The second-order valence-electron chi connectivity index (χ2n) is 6.15. The van der Waals surface area contributed by atoms with Crippen molar-refractivity contribution < 1.29 is 5.11 Å². The predicted octanol–water partition coefficient (Wildman–Crippen LogP) is 3.60. The van der Waals surface area contributed by atoms with Crippen LogP contribution in [0.5, 0.6) is 0 Å². The average Bonchev–Trinajstić information content (AvgIpc) is 2.38. The van der Waals surface area contributed by atoms with Crippen LogP contribution in [-0.4, -0.2) is 5.11 Å². The Morgan fingerprint density at radius 2 is 1.81 bits per heavy atom. The Labute approximate surface area is 98.5 Å². The molecule has 0 radical (unpaired) electrons. The Morgan fingerprint density at radius 1 is 1.19 bits per heavy atom. The highest BCUT2D eigenvalue weighted by atomic mass is 16.3. The Kier molecular flexibility index (Phi) is 2.43. The molecule has 1 nitrogen and oxygen atoms in total. The molecule has 1 atom stereocenters. The minimum atomic E-state index is 0.140. The molecule has 1 aromatic carbocycles. The molecule has 0 saturated carbocycles. The number of benzene rings is 1. The zero-order chi connectivity index (χ0) is 12.1. The van der Waals surface area contributed by atoms with E-state index in [-0.39, 0.29) is 17.4 Å². The Hall–Kier alpha value is -0.820. The van der Waals surface area contributed by atoms with Crippen molar-refractivity contribution in [1.29, 1.82) is 0 Å². The Balaban J connectivity index is 2.63. The molecule has 0 fully saturated rings. The fourth-order valence-electron chi connectivity index (χ4n) is 2.92. The molecule has 2 rings (SSSR count). The summed E-state index contributed by atoms with van der Waals surface area (Å²) in [4.78, 5) is 0. The van der Waals surface area contributed by atoms with Gasteiger partial charge in [0.05, 0.1) is 6.61 Å². The molecule has 1 N–H and O–H groups in total. The largest absolute Gasteiger partial charge is 0.392 e. The van der Waals surface area contributed by atoms with E-state index in [1.807, 2.05) is 0 Å². The van der Waals surface area contributed by atoms with Crippen molar-refractivity contribution in [2.24, 2.45) is 5.41 Å². The lowest BCUT2D eigenvalue weighted by molar-refractivity contribution is 0.190. The summed E-state index contributed by atoms with van der Waals surface area (Å²) in [5.41, 5.74) is 4.36. The molecule has 0 saturated heterocycles. The summed E-state index contributed by atoms with van der Waals surface area (Å²) in [6, 6.07) is 6.43. The lowest BCUT2D eigenvalue weighted by Crippen LogP contribution is -2.33. The van der Waals surface area contributed by atoms with Crippen LogP contribution in [0.4, 0.5) is 0 Å². The quantitative estimate of drug-likeness (QED) is 0.763. The lowest BCUT2D eigenvalue weighted by Gasteiger charge is -2.38. The first-order valence-corrected chi connectivity index (χ1v) is 6.06. The van der Waals surface area contributed by atoms with Crippen molar-refractivity contribution in [3.63, 3.8) is 0 Å². The third-order valence-corrected chi connectivity index (χ3v) is 5.13. The van der Waals surface area contributed by atoms with Crippen LogP contribution in [0.15, 0.2) is 18.2 Å². The number of aliphatic hydroxyl groups is 1. The van der Waals surface area contributed by atoms with Crippen molar-refractivity contribution in [2.45, 2.75) is 52.6 Å². The van der Waals surface area contributed by atoms with Crippen LogP contribution in [-0.2, 0) is 12.0 Å². The SMILES string of the molecule is CC1c2cc(CO)ccc2C(C)(C)C1(C)C.